The highest BCUT2D eigenvalue weighted by Crippen LogP contribution is 2.31. The first kappa shape index (κ1) is 22.6. The average molecular weight is 463 g/mol. The molecule has 1 saturated carbocycles. The summed E-state index contributed by atoms with van der Waals surface area (Å²) in [4.78, 5) is 12.6. The number of hydrogen-bond acceptors (Lipinski definition) is 7. The van der Waals surface area contributed by atoms with Crippen molar-refractivity contribution in [1.82, 2.24) is 15.0 Å². The lowest BCUT2D eigenvalue weighted by Gasteiger charge is -2.17. The van der Waals surface area contributed by atoms with Gasteiger partial charge in [-0.3, -0.25) is 4.98 Å². The van der Waals surface area contributed by atoms with Crippen LogP contribution in [0.2, 0.25) is 0 Å². The Hall–Kier alpha value is -3.63. The Kier molecular flexibility index (Phi) is 6.76. The zero-order valence-electron chi connectivity index (χ0n) is 17.3. The van der Waals surface area contributed by atoms with Crippen molar-refractivity contribution in [2.24, 2.45) is 0 Å². The number of nitrogens with one attached hydrogen (secondary N) is 2. The monoisotopic (exact) mass is 463 g/mol. The fourth-order valence-electron chi connectivity index (χ4n) is 3.31. The van der Waals surface area contributed by atoms with Crippen molar-refractivity contribution in [3.05, 3.63) is 55.1 Å². The molecular weight excluding hydrogens is 442 g/mol. The summed E-state index contributed by atoms with van der Waals surface area (Å²) in [6.45, 7) is 0. The van der Waals surface area contributed by atoms with Gasteiger partial charge < -0.3 is 20.1 Å². The van der Waals surface area contributed by atoms with Gasteiger partial charge in [-0.05, 0) is 56.0 Å². The number of benzene rings is 1. The van der Waals surface area contributed by atoms with Gasteiger partial charge in [-0.15, -0.1) is 0 Å². The number of aromatic nitrogens is 3. The van der Waals surface area contributed by atoms with Crippen molar-refractivity contribution < 1.29 is 27.0 Å². The highest BCUT2D eigenvalue weighted by atomic mass is 19.3. The summed E-state index contributed by atoms with van der Waals surface area (Å²) < 4.78 is 60.5. The molecule has 0 saturated heterocycles. The number of hydrogen-bond donors (Lipinski definition) is 2. The lowest BCUT2D eigenvalue weighted by atomic mass is 10.3. The molecule has 2 N–H and O–H groups in total. The Morgan fingerprint density at radius 1 is 0.909 bits per heavy atom. The van der Waals surface area contributed by atoms with Gasteiger partial charge in [0.15, 0.2) is 5.75 Å². The second-order valence-corrected chi connectivity index (χ2v) is 7.43. The van der Waals surface area contributed by atoms with Gasteiger partial charge in [0.05, 0.1) is 36.1 Å². The first-order valence-electron chi connectivity index (χ1n) is 10.3. The van der Waals surface area contributed by atoms with E-state index in [-0.39, 0.29) is 17.8 Å². The molecule has 1 aliphatic carbocycles. The van der Waals surface area contributed by atoms with Gasteiger partial charge in [0, 0.05) is 11.9 Å². The minimum absolute atomic E-state index is 0.191. The highest BCUT2D eigenvalue weighted by Gasteiger charge is 2.43. The van der Waals surface area contributed by atoms with E-state index < -0.39 is 12.5 Å². The first-order chi connectivity index (χ1) is 15.9. The number of alkyl halides is 4. The number of nitrogens with zero attached hydrogens (tertiary/aromatic N) is 3. The SMILES string of the molecule is FC(F)C(F)(F)Oc1ccc(Nc2ncc(Nc3ccncc3OC3CCCC3)cn2)cc1. The van der Waals surface area contributed by atoms with Crippen molar-refractivity contribution in [1.29, 1.82) is 0 Å². The number of pyridine rings is 1. The lowest BCUT2D eigenvalue weighted by molar-refractivity contribution is -0.253. The summed E-state index contributed by atoms with van der Waals surface area (Å²) in [6, 6.07) is 6.86. The zero-order valence-corrected chi connectivity index (χ0v) is 17.3. The van der Waals surface area contributed by atoms with Gasteiger partial charge in [0.1, 0.15) is 5.75 Å². The molecule has 0 bridgehead atoms. The van der Waals surface area contributed by atoms with E-state index in [4.69, 9.17) is 4.74 Å². The Morgan fingerprint density at radius 2 is 1.61 bits per heavy atom. The van der Waals surface area contributed by atoms with Crippen LogP contribution in [0.3, 0.4) is 0 Å². The smallest absolute Gasteiger partial charge is 0.461 e. The minimum atomic E-state index is -4.56. The van der Waals surface area contributed by atoms with E-state index in [0.717, 1.165) is 43.5 Å². The number of rotatable bonds is 9. The van der Waals surface area contributed by atoms with Crippen LogP contribution in [0, 0.1) is 0 Å². The first-order valence-corrected chi connectivity index (χ1v) is 10.3. The number of halogens is 4. The zero-order chi connectivity index (χ0) is 23.3. The molecule has 0 radical (unpaired) electrons. The maximum absolute atomic E-state index is 13.0. The molecule has 4 rings (SSSR count). The van der Waals surface area contributed by atoms with Crippen molar-refractivity contribution in [3.63, 3.8) is 0 Å². The van der Waals surface area contributed by atoms with Crippen LogP contribution in [0.5, 0.6) is 11.5 Å². The average Bonchev–Trinajstić information content (AvgIpc) is 3.31. The summed E-state index contributed by atoms with van der Waals surface area (Å²) in [5, 5.41) is 6.10. The second-order valence-electron chi connectivity index (χ2n) is 7.43. The van der Waals surface area contributed by atoms with E-state index in [1.807, 2.05) is 0 Å². The van der Waals surface area contributed by atoms with Crippen molar-refractivity contribution >= 4 is 23.0 Å². The molecule has 0 spiro atoms. The molecule has 0 unspecified atom stereocenters. The molecule has 1 fully saturated rings. The summed E-state index contributed by atoms with van der Waals surface area (Å²) in [6.07, 6.45) is 2.54. The molecule has 2 aromatic heterocycles. The third-order valence-electron chi connectivity index (χ3n) is 4.93. The van der Waals surface area contributed by atoms with E-state index in [2.05, 4.69) is 30.3 Å². The van der Waals surface area contributed by atoms with Crippen LogP contribution in [0.15, 0.2) is 55.1 Å². The topological polar surface area (TPSA) is 81.2 Å². The van der Waals surface area contributed by atoms with Crippen LogP contribution in [-0.4, -0.2) is 33.6 Å². The Labute approximate surface area is 187 Å². The fourth-order valence-corrected chi connectivity index (χ4v) is 3.31. The molecule has 11 heteroatoms. The molecule has 33 heavy (non-hydrogen) atoms. The summed E-state index contributed by atoms with van der Waals surface area (Å²) in [5.41, 5.74) is 1.84. The van der Waals surface area contributed by atoms with Gasteiger partial charge in [0.2, 0.25) is 5.95 Å². The van der Waals surface area contributed by atoms with Crippen LogP contribution in [0.25, 0.3) is 0 Å². The third kappa shape index (κ3) is 5.99. The number of anilines is 4. The standard InChI is InChI=1S/C22H21F4N5O2/c23-20(24)22(25,26)33-17-7-5-14(6-8-17)31-21-28-11-15(12-29-21)30-18-9-10-27-13-19(18)32-16-3-1-2-4-16/h5-13,16,20H,1-4H2,(H,27,30)(H,28,29,31). The van der Waals surface area contributed by atoms with Crippen LogP contribution >= 0.6 is 0 Å². The van der Waals surface area contributed by atoms with Gasteiger partial charge in [-0.25, -0.2) is 9.97 Å². The van der Waals surface area contributed by atoms with Gasteiger partial charge in [-0.2, -0.15) is 17.6 Å². The highest BCUT2D eigenvalue weighted by molar-refractivity contribution is 5.65. The Balaban J connectivity index is 1.36. The molecule has 2 heterocycles. The minimum Gasteiger partial charge on any atom is -0.487 e. The van der Waals surface area contributed by atoms with E-state index in [1.165, 1.54) is 12.1 Å². The molecule has 3 aromatic rings. The van der Waals surface area contributed by atoms with E-state index in [1.54, 1.807) is 30.9 Å². The summed E-state index contributed by atoms with van der Waals surface area (Å²) in [5.74, 6) is 0.523. The predicted octanol–water partition coefficient (Wildman–Crippen LogP) is 5.92. The maximum atomic E-state index is 13.0. The molecule has 1 aromatic carbocycles. The molecule has 0 amide bonds. The molecule has 0 aliphatic heterocycles. The lowest BCUT2D eigenvalue weighted by Crippen LogP contribution is -2.33. The second kappa shape index (κ2) is 9.88. The predicted molar refractivity (Wildman–Crippen MR) is 114 cm³/mol. The molecule has 0 atom stereocenters. The Bertz CT molecular complexity index is 1050. The van der Waals surface area contributed by atoms with Crippen LogP contribution in [-0.2, 0) is 0 Å². The van der Waals surface area contributed by atoms with E-state index >= 15 is 0 Å². The van der Waals surface area contributed by atoms with Crippen LogP contribution in [0.4, 0.5) is 40.6 Å². The fraction of sp³-hybridized carbons (Fsp3) is 0.318. The molecule has 7 nitrogen and oxygen atoms in total. The molecule has 1 aliphatic rings. The summed E-state index contributed by atoms with van der Waals surface area (Å²) >= 11 is 0. The molecule has 174 valence electrons. The van der Waals surface area contributed by atoms with Crippen molar-refractivity contribution in [2.75, 3.05) is 10.6 Å². The van der Waals surface area contributed by atoms with Crippen LogP contribution in [0.1, 0.15) is 25.7 Å². The van der Waals surface area contributed by atoms with E-state index in [9.17, 15) is 17.6 Å². The van der Waals surface area contributed by atoms with Crippen molar-refractivity contribution in [2.45, 2.75) is 44.3 Å². The third-order valence-corrected chi connectivity index (χ3v) is 4.93. The maximum Gasteiger partial charge on any atom is 0.461 e. The normalized spacial score (nSPS) is 14.3. The molecular formula is C22H21F4N5O2. The van der Waals surface area contributed by atoms with Crippen molar-refractivity contribution in [3.8, 4) is 11.5 Å². The summed E-state index contributed by atoms with van der Waals surface area (Å²) in [7, 11) is 0. The van der Waals surface area contributed by atoms with Gasteiger partial charge in [-0.1, -0.05) is 0 Å². The van der Waals surface area contributed by atoms with Gasteiger partial charge >= 0.3 is 12.5 Å². The quantitative estimate of drug-likeness (QED) is 0.382. The van der Waals surface area contributed by atoms with Gasteiger partial charge in [0.25, 0.3) is 0 Å². The Morgan fingerprint density at radius 3 is 2.27 bits per heavy atom. The number of ether oxygens (including phenoxy) is 2. The largest absolute Gasteiger partial charge is 0.487 e. The van der Waals surface area contributed by atoms with E-state index in [0.29, 0.717) is 17.1 Å². The van der Waals surface area contributed by atoms with Crippen LogP contribution < -0.4 is 20.1 Å².